The van der Waals surface area contributed by atoms with Crippen molar-refractivity contribution in [3.8, 4) is 0 Å². The van der Waals surface area contributed by atoms with Crippen molar-refractivity contribution in [2.75, 3.05) is 0 Å². The Kier molecular flexibility index (Phi) is 1.40. The fraction of sp³-hybridized carbons (Fsp3) is 1.00. The van der Waals surface area contributed by atoms with Crippen LogP contribution in [0.15, 0.2) is 0 Å². The third kappa shape index (κ3) is 0.943. The molecule has 0 spiro atoms. The van der Waals surface area contributed by atoms with Crippen molar-refractivity contribution in [3.63, 3.8) is 0 Å². The van der Waals surface area contributed by atoms with Crippen molar-refractivity contribution in [2.24, 2.45) is 0 Å². The zero-order valence-corrected chi connectivity index (χ0v) is 7.52. The second-order valence-electron chi connectivity index (χ2n) is 4.30. The first-order valence-corrected chi connectivity index (χ1v) is 4.39. The predicted octanol–water partition coefficient (Wildman–Crippen LogP) is 1.85. The van der Waals surface area contributed by atoms with Gasteiger partial charge in [-0.15, -0.1) is 0 Å². The second-order valence-corrected chi connectivity index (χ2v) is 4.30. The summed E-state index contributed by atoms with van der Waals surface area (Å²) in [6.45, 7) is 6.41. The molecule has 2 aliphatic heterocycles. The van der Waals surface area contributed by atoms with Crippen LogP contribution in [0, 0.1) is 0 Å². The number of fused-ring (bicyclic) bond motifs is 2. The van der Waals surface area contributed by atoms with Crippen LogP contribution >= 0.6 is 0 Å². The number of hydrogen-bond donors (Lipinski definition) is 0. The summed E-state index contributed by atoms with van der Waals surface area (Å²) < 4.78 is 11.5. The molecule has 0 saturated carbocycles. The molecule has 2 nitrogen and oxygen atoms in total. The molecular formula is C8H15BO2. The van der Waals surface area contributed by atoms with Gasteiger partial charge in [0.05, 0.1) is 11.2 Å². The van der Waals surface area contributed by atoms with E-state index in [1.807, 2.05) is 0 Å². The summed E-state index contributed by atoms with van der Waals surface area (Å²) in [5, 5.41) is 0. The average molecular weight is 154 g/mol. The molecule has 0 radical (unpaired) electrons. The van der Waals surface area contributed by atoms with E-state index in [1.165, 1.54) is 6.42 Å². The van der Waals surface area contributed by atoms with Crippen LogP contribution in [0.5, 0.6) is 0 Å². The van der Waals surface area contributed by atoms with Gasteiger partial charge < -0.3 is 9.31 Å². The third-order valence-corrected chi connectivity index (χ3v) is 3.18. The van der Waals surface area contributed by atoms with Crippen molar-refractivity contribution in [2.45, 2.75) is 51.1 Å². The standard InChI is InChI=1S/C8H15BO2/c1-7(2)8(3)5-4-6-9(10-7)11-8/h4-6H2,1-3H3. The van der Waals surface area contributed by atoms with E-state index >= 15 is 0 Å². The first kappa shape index (κ1) is 7.62. The van der Waals surface area contributed by atoms with E-state index in [4.69, 9.17) is 9.31 Å². The molecule has 1 unspecified atom stereocenters. The van der Waals surface area contributed by atoms with Gasteiger partial charge in [0, 0.05) is 0 Å². The third-order valence-electron chi connectivity index (χ3n) is 3.18. The van der Waals surface area contributed by atoms with Gasteiger partial charge in [-0.05, 0) is 33.5 Å². The summed E-state index contributed by atoms with van der Waals surface area (Å²) in [7, 11) is 0.0729. The monoisotopic (exact) mass is 154 g/mol. The van der Waals surface area contributed by atoms with Crippen LogP contribution < -0.4 is 0 Å². The Morgan fingerprint density at radius 1 is 1.18 bits per heavy atom. The zero-order chi connectivity index (χ0) is 8.11. The lowest BCUT2D eigenvalue weighted by Crippen LogP contribution is -2.45. The van der Waals surface area contributed by atoms with E-state index in [0.717, 1.165) is 12.7 Å². The topological polar surface area (TPSA) is 18.5 Å². The highest BCUT2D eigenvalue weighted by Gasteiger charge is 2.55. The molecule has 2 fully saturated rings. The lowest BCUT2D eigenvalue weighted by molar-refractivity contribution is -0.0168. The second kappa shape index (κ2) is 2.02. The molecule has 62 valence electrons. The highest BCUT2D eigenvalue weighted by molar-refractivity contribution is 6.45. The van der Waals surface area contributed by atoms with E-state index in [-0.39, 0.29) is 18.3 Å². The largest absolute Gasteiger partial charge is 0.457 e. The Morgan fingerprint density at radius 3 is 2.45 bits per heavy atom. The maximum absolute atomic E-state index is 5.78. The van der Waals surface area contributed by atoms with Gasteiger partial charge in [-0.1, -0.05) is 6.42 Å². The minimum atomic E-state index is -0.0891. The fourth-order valence-electron chi connectivity index (χ4n) is 1.99. The van der Waals surface area contributed by atoms with Gasteiger partial charge >= 0.3 is 7.12 Å². The van der Waals surface area contributed by atoms with Crippen LogP contribution in [0.25, 0.3) is 0 Å². The molecule has 3 heteroatoms. The average Bonchev–Trinajstić information content (AvgIpc) is 1.99. The van der Waals surface area contributed by atoms with Crippen molar-refractivity contribution in [1.82, 2.24) is 0 Å². The van der Waals surface area contributed by atoms with Gasteiger partial charge in [-0.2, -0.15) is 0 Å². The smallest absolute Gasteiger partial charge is 0.403 e. The lowest BCUT2D eigenvalue weighted by atomic mass is 9.76. The number of hydrogen-bond acceptors (Lipinski definition) is 2. The summed E-state index contributed by atoms with van der Waals surface area (Å²) in [6.07, 6.45) is 3.44. The van der Waals surface area contributed by atoms with Crippen LogP contribution in [0.2, 0.25) is 6.32 Å². The molecule has 0 N–H and O–H groups in total. The van der Waals surface area contributed by atoms with Gasteiger partial charge in [0.15, 0.2) is 0 Å². The highest BCUT2D eigenvalue weighted by Crippen LogP contribution is 2.45. The maximum Gasteiger partial charge on any atom is 0.457 e. The van der Waals surface area contributed by atoms with E-state index in [1.54, 1.807) is 0 Å². The summed E-state index contributed by atoms with van der Waals surface area (Å²) >= 11 is 0. The molecule has 2 aliphatic rings. The van der Waals surface area contributed by atoms with Crippen LogP contribution in [-0.2, 0) is 9.31 Å². The van der Waals surface area contributed by atoms with Crippen LogP contribution in [0.1, 0.15) is 33.6 Å². The molecule has 0 aromatic heterocycles. The fourth-order valence-corrected chi connectivity index (χ4v) is 1.99. The molecule has 2 bridgehead atoms. The molecule has 2 saturated heterocycles. The lowest BCUT2D eigenvalue weighted by Gasteiger charge is -2.37. The molecule has 2 rings (SSSR count). The zero-order valence-electron chi connectivity index (χ0n) is 7.52. The predicted molar refractivity (Wildman–Crippen MR) is 44.4 cm³/mol. The maximum atomic E-state index is 5.78. The van der Waals surface area contributed by atoms with Gasteiger partial charge in [-0.3, -0.25) is 0 Å². The van der Waals surface area contributed by atoms with Crippen LogP contribution in [0.4, 0.5) is 0 Å². The summed E-state index contributed by atoms with van der Waals surface area (Å²) in [6, 6.07) is 0. The van der Waals surface area contributed by atoms with E-state index in [9.17, 15) is 0 Å². The summed E-state index contributed by atoms with van der Waals surface area (Å²) in [4.78, 5) is 0. The molecule has 0 aliphatic carbocycles. The van der Waals surface area contributed by atoms with E-state index < -0.39 is 0 Å². The molecule has 0 amide bonds. The Balaban J connectivity index is 2.28. The van der Waals surface area contributed by atoms with Gasteiger partial charge in [0.25, 0.3) is 0 Å². The Hall–Kier alpha value is -0.0151. The summed E-state index contributed by atoms with van der Waals surface area (Å²) in [5.74, 6) is 0. The molecular weight excluding hydrogens is 139 g/mol. The molecule has 0 aromatic rings. The molecule has 11 heavy (non-hydrogen) atoms. The minimum absolute atomic E-state index is 0.0318. The first-order valence-electron chi connectivity index (χ1n) is 4.39. The SMILES string of the molecule is CC1(C)OB2CCCC1(C)O2. The summed E-state index contributed by atoms with van der Waals surface area (Å²) in [5.41, 5.74) is -0.121. The van der Waals surface area contributed by atoms with Crippen molar-refractivity contribution in [1.29, 1.82) is 0 Å². The normalized spacial score (nSPS) is 41.2. The number of rotatable bonds is 0. The van der Waals surface area contributed by atoms with E-state index in [2.05, 4.69) is 20.8 Å². The molecule has 2 heterocycles. The Morgan fingerprint density at radius 2 is 1.91 bits per heavy atom. The Labute approximate surface area is 68.4 Å². The molecule has 0 aromatic carbocycles. The van der Waals surface area contributed by atoms with Crippen molar-refractivity contribution < 1.29 is 9.31 Å². The highest BCUT2D eigenvalue weighted by atomic mass is 16.7. The van der Waals surface area contributed by atoms with E-state index in [0.29, 0.717) is 0 Å². The van der Waals surface area contributed by atoms with Crippen molar-refractivity contribution >= 4 is 7.12 Å². The van der Waals surface area contributed by atoms with Crippen molar-refractivity contribution in [3.05, 3.63) is 0 Å². The van der Waals surface area contributed by atoms with Crippen LogP contribution in [-0.4, -0.2) is 18.3 Å². The van der Waals surface area contributed by atoms with Gasteiger partial charge in [0.1, 0.15) is 0 Å². The van der Waals surface area contributed by atoms with Gasteiger partial charge in [0.2, 0.25) is 0 Å². The van der Waals surface area contributed by atoms with Gasteiger partial charge in [-0.25, -0.2) is 0 Å². The van der Waals surface area contributed by atoms with Crippen LogP contribution in [0.3, 0.4) is 0 Å². The minimum Gasteiger partial charge on any atom is -0.403 e. The quantitative estimate of drug-likeness (QED) is 0.495. The molecule has 1 atom stereocenters. The first-order chi connectivity index (χ1) is 5.04. The Bertz CT molecular complexity index is 179.